The predicted molar refractivity (Wildman–Crippen MR) is 70.9 cm³/mol. The van der Waals surface area contributed by atoms with Crippen molar-refractivity contribution in [1.82, 2.24) is 0 Å². The summed E-state index contributed by atoms with van der Waals surface area (Å²) in [6.45, 7) is -0.426. The molecule has 1 aliphatic heterocycles. The molecule has 3 rings (SSSR count). The Morgan fingerprint density at radius 2 is 2.00 bits per heavy atom. The first-order valence-electron chi connectivity index (χ1n) is 6.41. The molecule has 1 fully saturated rings. The van der Waals surface area contributed by atoms with Crippen molar-refractivity contribution >= 4 is 11.0 Å². The van der Waals surface area contributed by atoms with Crippen LogP contribution in [0.3, 0.4) is 0 Å². The van der Waals surface area contributed by atoms with E-state index >= 15 is 0 Å². The molecule has 3 N–H and O–H groups in total. The van der Waals surface area contributed by atoms with Crippen LogP contribution in [0.15, 0.2) is 39.7 Å². The first-order valence-corrected chi connectivity index (χ1v) is 6.41. The van der Waals surface area contributed by atoms with Gasteiger partial charge in [0.1, 0.15) is 29.6 Å². The molecule has 4 atom stereocenters. The van der Waals surface area contributed by atoms with E-state index in [1.54, 1.807) is 0 Å². The molecular weight excluding hydrogens is 280 g/mol. The first kappa shape index (κ1) is 14.0. The number of aliphatic hydroxyl groups excluding tert-OH is 3. The summed E-state index contributed by atoms with van der Waals surface area (Å²) in [7, 11) is 0. The van der Waals surface area contributed by atoms with Crippen molar-refractivity contribution in [2.75, 3.05) is 6.61 Å². The van der Waals surface area contributed by atoms with Crippen molar-refractivity contribution in [3.63, 3.8) is 0 Å². The summed E-state index contributed by atoms with van der Waals surface area (Å²) in [5, 5.41) is 28.8. The van der Waals surface area contributed by atoms with Crippen molar-refractivity contribution < 1.29 is 29.2 Å². The molecule has 7 heteroatoms. The number of hydrogen-bond donors (Lipinski definition) is 3. The van der Waals surface area contributed by atoms with Gasteiger partial charge in [-0.15, -0.1) is 0 Å². The minimum atomic E-state index is -1.28. The van der Waals surface area contributed by atoms with Gasteiger partial charge in [-0.1, -0.05) is 0 Å². The monoisotopic (exact) mass is 294 g/mol. The Labute approximate surface area is 119 Å². The summed E-state index contributed by atoms with van der Waals surface area (Å²) in [6, 6.07) is 5.88. The van der Waals surface area contributed by atoms with Crippen molar-refractivity contribution in [3.05, 3.63) is 40.8 Å². The lowest BCUT2D eigenvalue weighted by Crippen LogP contribution is -2.35. The average Bonchev–Trinajstić information content (AvgIpc) is 2.75. The molecule has 0 bridgehead atoms. The molecule has 0 radical (unpaired) electrons. The normalized spacial score (nSPS) is 28.9. The summed E-state index contributed by atoms with van der Waals surface area (Å²) in [4.78, 5) is 11.6. The maximum atomic E-state index is 11.6. The van der Waals surface area contributed by atoms with Crippen LogP contribution in [0.25, 0.3) is 11.0 Å². The van der Waals surface area contributed by atoms with Gasteiger partial charge in [-0.3, -0.25) is 4.79 Å². The standard InChI is InChI=1S/C14H14O7/c15-6-11-12(17)13(18)14(21-11)20-7-1-2-8-9(16)3-4-19-10(8)5-7/h1-5,11-15,17-18H,6H2/t11-,12-,13+,14?/m1/s1. The molecule has 112 valence electrons. The van der Waals surface area contributed by atoms with Crippen LogP contribution in [-0.2, 0) is 4.74 Å². The second-order valence-corrected chi connectivity index (χ2v) is 4.77. The summed E-state index contributed by atoms with van der Waals surface area (Å²) in [5.41, 5.74) is 0.169. The van der Waals surface area contributed by atoms with Crippen molar-refractivity contribution in [2.24, 2.45) is 0 Å². The Morgan fingerprint density at radius 1 is 1.19 bits per heavy atom. The Balaban J connectivity index is 1.84. The maximum absolute atomic E-state index is 11.6. The minimum Gasteiger partial charge on any atom is -0.464 e. The minimum absolute atomic E-state index is 0.171. The van der Waals surface area contributed by atoms with E-state index in [9.17, 15) is 15.0 Å². The van der Waals surface area contributed by atoms with Crippen LogP contribution in [0.4, 0.5) is 0 Å². The van der Waals surface area contributed by atoms with Crippen LogP contribution < -0.4 is 10.2 Å². The van der Waals surface area contributed by atoms with E-state index < -0.39 is 31.2 Å². The van der Waals surface area contributed by atoms with E-state index in [0.717, 1.165) is 0 Å². The first-order chi connectivity index (χ1) is 10.1. The van der Waals surface area contributed by atoms with E-state index in [-0.39, 0.29) is 5.43 Å². The fraction of sp³-hybridized carbons (Fsp3) is 0.357. The van der Waals surface area contributed by atoms with Gasteiger partial charge in [-0.2, -0.15) is 0 Å². The van der Waals surface area contributed by atoms with Crippen LogP contribution >= 0.6 is 0 Å². The van der Waals surface area contributed by atoms with Gasteiger partial charge in [0, 0.05) is 12.1 Å². The fourth-order valence-corrected chi connectivity index (χ4v) is 2.23. The predicted octanol–water partition coefficient (Wildman–Crippen LogP) is -0.389. The second kappa shape index (κ2) is 5.45. The third kappa shape index (κ3) is 2.52. The Morgan fingerprint density at radius 3 is 2.71 bits per heavy atom. The van der Waals surface area contributed by atoms with Crippen LogP contribution in [0.2, 0.25) is 0 Å². The van der Waals surface area contributed by atoms with Crippen LogP contribution in [0.5, 0.6) is 5.75 Å². The number of ether oxygens (including phenoxy) is 2. The van der Waals surface area contributed by atoms with Gasteiger partial charge in [0.05, 0.1) is 18.3 Å². The highest BCUT2D eigenvalue weighted by Gasteiger charge is 2.43. The van der Waals surface area contributed by atoms with E-state index in [1.165, 1.54) is 30.5 Å². The second-order valence-electron chi connectivity index (χ2n) is 4.77. The van der Waals surface area contributed by atoms with Gasteiger partial charge in [0.2, 0.25) is 6.29 Å². The summed E-state index contributed by atoms with van der Waals surface area (Å²) >= 11 is 0. The van der Waals surface area contributed by atoms with Gasteiger partial charge >= 0.3 is 0 Å². The molecule has 0 saturated carbocycles. The maximum Gasteiger partial charge on any atom is 0.229 e. The molecule has 7 nitrogen and oxygen atoms in total. The van der Waals surface area contributed by atoms with Gasteiger partial charge in [0.25, 0.3) is 0 Å². The number of hydrogen-bond acceptors (Lipinski definition) is 7. The van der Waals surface area contributed by atoms with Crippen LogP contribution in [-0.4, -0.2) is 46.5 Å². The smallest absolute Gasteiger partial charge is 0.229 e. The number of fused-ring (bicyclic) bond motifs is 1. The number of benzene rings is 1. The van der Waals surface area contributed by atoms with Crippen molar-refractivity contribution in [1.29, 1.82) is 0 Å². The largest absolute Gasteiger partial charge is 0.464 e. The van der Waals surface area contributed by atoms with E-state index in [4.69, 9.17) is 19.0 Å². The molecule has 0 spiro atoms. The fourth-order valence-electron chi connectivity index (χ4n) is 2.23. The third-order valence-electron chi connectivity index (χ3n) is 3.38. The quantitative estimate of drug-likeness (QED) is 0.707. The third-order valence-corrected chi connectivity index (χ3v) is 3.38. The summed E-state index contributed by atoms with van der Waals surface area (Å²) < 4.78 is 15.9. The van der Waals surface area contributed by atoms with Crippen LogP contribution in [0, 0.1) is 0 Å². The summed E-state index contributed by atoms with van der Waals surface area (Å²) in [6.07, 6.45) is -3.23. The van der Waals surface area contributed by atoms with Gasteiger partial charge in [-0.05, 0) is 12.1 Å². The highest BCUT2D eigenvalue weighted by atomic mass is 16.7. The summed E-state index contributed by atoms with van der Waals surface area (Å²) in [5.74, 6) is 0.312. The van der Waals surface area contributed by atoms with Gasteiger partial charge in [0.15, 0.2) is 5.43 Å². The average molecular weight is 294 g/mol. The van der Waals surface area contributed by atoms with E-state index in [1.807, 2.05) is 0 Å². The number of aliphatic hydroxyl groups is 3. The molecule has 21 heavy (non-hydrogen) atoms. The molecule has 0 aliphatic carbocycles. The molecule has 1 saturated heterocycles. The highest BCUT2D eigenvalue weighted by Crippen LogP contribution is 2.26. The number of rotatable bonds is 3. The highest BCUT2D eigenvalue weighted by molar-refractivity contribution is 5.77. The molecule has 1 aromatic carbocycles. The lowest BCUT2D eigenvalue weighted by Gasteiger charge is -2.16. The molecule has 1 aliphatic rings. The molecule has 2 aromatic rings. The van der Waals surface area contributed by atoms with Crippen molar-refractivity contribution in [3.8, 4) is 5.75 Å². The molecule has 1 aromatic heterocycles. The zero-order chi connectivity index (χ0) is 15.0. The van der Waals surface area contributed by atoms with Gasteiger partial charge < -0.3 is 29.2 Å². The lowest BCUT2D eigenvalue weighted by molar-refractivity contribution is -0.116. The van der Waals surface area contributed by atoms with E-state index in [0.29, 0.717) is 16.7 Å². The topological polar surface area (TPSA) is 109 Å². The SMILES string of the molecule is O=c1ccoc2cc(OC3O[C@H](CO)[C@@H](O)[C@@H]3O)ccc12. The Hall–Kier alpha value is -1.93. The lowest BCUT2D eigenvalue weighted by atomic mass is 10.1. The Kier molecular flexibility index (Phi) is 3.64. The molecule has 0 amide bonds. The van der Waals surface area contributed by atoms with Gasteiger partial charge in [-0.25, -0.2) is 0 Å². The zero-order valence-electron chi connectivity index (χ0n) is 10.9. The van der Waals surface area contributed by atoms with E-state index in [2.05, 4.69) is 0 Å². The molecule has 2 heterocycles. The zero-order valence-corrected chi connectivity index (χ0v) is 10.9. The van der Waals surface area contributed by atoms with Crippen molar-refractivity contribution in [2.45, 2.75) is 24.6 Å². The molecule has 1 unspecified atom stereocenters. The Bertz CT molecular complexity index is 695. The van der Waals surface area contributed by atoms with Crippen LogP contribution in [0.1, 0.15) is 0 Å². The molecular formula is C14H14O7.